The van der Waals surface area contributed by atoms with Crippen LogP contribution in [0, 0.1) is 0 Å². The molecule has 18 heavy (non-hydrogen) atoms. The molecule has 1 atom stereocenters. The Bertz CT molecular complexity index is 457. The van der Waals surface area contributed by atoms with Crippen LogP contribution >= 0.6 is 23.1 Å². The first-order valence-electron chi connectivity index (χ1n) is 5.76. The van der Waals surface area contributed by atoms with Crippen molar-refractivity contribution in [1.82, 2.24) is 10.0 Å². The molecule has 0 fully saturated rings. The third-order valence-corrected chi connectivity index (χ3v) is 6.20. The van der Waals surface area contributed by atoms with E-state index in [2.05, 4.69) is 10.0 Å². The highest BCUT2D eigenvalue weighted by atomic mass is 32.2. The lowest BCUT2D eigenvalue weighted by atomic mass is 10.3. The minimum absolute atomic E-state index is 0.000139. The second kappa shape index (κ2) is 7.49. The zero-order chi connectivity index (χ0) is 13.6. The van der Waals surface area contributed by atoms with Gasteiger partial charge in [0.2, 0.25) is 10.0 Å². The number of rotatable bonds is 8. The summed E-state index contributed by atoms with van der Waals surface area (Å²) in [7, 11) is -1.52. The minimum atomic E-state index is -3.36. The van der Waals surface area contributed by atoms with Crippen LogP contribution in [0.5, 0.6) is 0 Å². The molecule has 1 unspecified atom stereocenters. The molecule has 1 heterocycles. The zero-order valence-electron chi connectivity index (χ0n) is 10.9. The van der Waals surface area contributed by atoms with Gasteiger partial charge in [0.25, 0.3) is 0 Å². The fraction of sp³-hybridized carbons (Fsp3) is 0.636. The van der Waals surface area contributed by atoms with Crippen molar-refractivity contribution in [3.63, 3.8) is 0 Å². The topological polar surface area (TPSA) is 58.2 Å². The molecule has 7 heteroatoms. The van der Waals surface area contributed by atoms with Gasteiger partial charge in [-0.3, -0.25) is 0 Å². The van der Waals surface area contributed by atoms with Gasteiger partial charge < -0.3 is 5.32 Å². The number of thioether (sulfide) groups is 1. The Morgan fingerprint density at radius 3 is 2.78 bits per heavy atom. The summed E-state index contributed by atoms with van der Waals surface area (Å²) in [6, 6.07) is 1.73. The maximum Gasteiger partial charge on any atom is 0.250 e. The largest absolute Gasteiger partial charge is 0.316 e. The Balaban J connectivity index is 2.78. The Morgan fingerprint density at radius 2 is 2.22 bits per heavy atom. The van der Waals surface area contributed by atoms with Crippen LogP contribution in [0.15, 0.2) is 15.7 Å². The van der Waals surface area contributed by atoms with Crippen molar-refractivity contribution >= 4 is 33.1 Å². The summed E-state index contributed by atoms with van der Waals surface area (Å²) in [6.45, 7) is 2.68. The summed E-state index contributed by atoms with van der Waals surface area (Å²) in [4.78, 5) is 0. The highest BCUT2D eigenvalue weighted by Crippen LogP contribution is 2.20. The van der Waals surface area contributed by atoms with Gasteiger partial charge in [0.1, 0.15) is 4.21 Å². The smallest absolute Gasteiger partial charge is 0.250 e. The molecule has 0 aliphatic carbocycles. The first-order chi connectivity index (χ1) is 8.53. The minimum Gasteiger partial charge on any atom is -0.316 e. The van der Waals surface area contributed by atoms with Crippen LogP contribution in [-0.2, 0) is 16.6 Å². The van der Waals surface area contributed by atoms with Crippen LogP contribution in [0.3, 0.4) is 0 Å². The quantitative estimate of drug-likeness (QED) is 0.770. The molecule has 0 aromatic carbocycles. The number of sulfonamides is 1. The molecule has 0 spiro atoms. The van der Waals surface area contributed by atoms with E-state index in [1.54, 1.807) is 17.8 Å². The van der Waals surface area contributed by atoms with E-state index in [1.165, 1.54) is 11.3 Å². The number of nitrogens with one attached hydrogen (secondary N) is 2. The van der Waals surface area contributed by atoms with Crippen LogP contribution < -0.4 is 10.0 Å². The predicted octanol–water partition coefficient (Wildman–Crippen LogP) is 1.89. The molecule has 0 amide bonds. The zero-order valence-corrected chi connectivity index (χ0v) is 13.3. The highest BCUT2D eigenvalue weighted by Gasteiger charge is 2.20. The van der Waals surface area contributed by atoms with E-state index >= 15 is 0 Å². The van der Waals surface area contributed by atoms with Crippen molar-refractivity contribution in [1.29, 1.82) is 0 Å². The molecule has 0 saturated carbocycles. The van der Waals surface area contributed by atoms with E-state index in [0.29, 0.717) is 10.8 Å². The van der Waals surface area contributed by atoms with Crippen LogP contribution in [0.2, 0.25) is 0 Å². The van der Waals surface area contributed by atoms with Crippen molar-refractivity contribution < 1.29 is 8.42 Å². The molecular formula is C11H20N2O2S3. The molecule has 0 aliphatic rings. The number of hydrogen-bond donors (Lipinski definition) is 2. The molecule has 0 radical (unpaired) electrons. The Labute approximate surface area is 118 Å². The van der Waals surface area contributed by atoms with E-state index < -0.39 is 10.0 Å². The van der Waals surface area contributed by atoms with Gasteiger partial charge >= 0.3 is 0 Å². The van der Waals surface area contributed by atoms with Crippen molar-refractivity contribution in [2.75, 3.05) is 19.1 Å². The Kier molecular flexibility index (Phi) is 6.65. The Hall–Kier alpha value is -0.0800. The first-order valence-corrected chi connectivity index (χ1v) is 9.52. The second-order valence-corrected chi connectivity index (χ2v) is 7.75. The van der Waals surface area contributed by atoms with Crippen LogP contribution in [0.4, 0.5) is 0 Å². The van der Waals surface area contributed by atoms with E-state index in [0.717, 1.165) is 17.7 Å². The fourth-order valence-corrected chi connectivity index (χ4v) is 4.88. The van der Waals surface area contributed by atoms with Gasteiger partial charge in [-0.25, -0.2) is 13.1 Å². The van der Waals surface area contributed by atoms with Gasteiger partial charge in [-0.1, -0.05) is 6.92 Å². The van der Waals surface area contributed by atoms with Gasteiger partial charge in [-0.05, 0) is 36.7 Å². The summed E-state index contributed by atoms with van der Waals surface area (Å²) in [5.41, 5.74) is 1.00. The van der Waals surface area contributed by atoms with Crippen LogP contribution in [-0.4, -0.2) is 33.5 Å². The Morgan fingerprint density at radius 1 is 1.50 bits per heavy atom. The van der Waals surface area contributed by atoms with Crippen molar-refractivity contribution in [2.24, 2.45) is 0 Å². The maximum atomic E-state index is 12.2. The third-order valence-electron chi connectivity index (χ3n) is 2.46. The lowest BCUT2D eigenvalue weighted by molar-refractivity contribution is 0.560. The monoisotopic (exact) mass is 308 g/mol. The maximum absolute atomic E-state index is 12.2. The van der Waals surface area contributed by atoms with Gasteiger partial charge in [0.15, 0.2) is 0 Å². The highest BCUT2D eigenvalue weighted by molar-refractivity contribution is 7.98. The lowest BCUT2D eigenvalue weighted by Crippen LogP contribution is -2.35. The van der Waals surface area contributed by atoms with Crippen molar-refractivity contribution in [3.05, 3.63) is 17.0 Å². The molecule has 0 saturated heterocycles. The normalized spacial score (nSPS) is 13.7. The first kappa shape index (κ1) is 16.0. The SMILES string of the molecule is CCC(CSC)NS(=O)(=O)c1cc(CNC)cs1. The van der Waals surface area contributed by atoms with E-state index in [-0.39, 0.29) is 6.04 Å². The van der Waals surface area contributed by atoms with Crippen LogP contribution in [0.25, 0.3) is 0 Å². The molecule has 104 valence electrons. The molecule has 0 bridgehead atoms. The molecule has 1 aromatic heterocycles. The average molecular weight is 308 g/mol. The van der Waals surface area contributed by atoms with Gasteiger partial charge in [0, 0.05) is 18.3 Å². The van der Waals surface area contributed by atoms with E-state index in [1.807, 2.05) is 25.6 Å². The predicted molar refractivity (Wildman–Crippen MR) is 79.9 cm³/mol. The van der Waals surface area contributed by atoms with Crippen molar-refractivity contribution in [2.45, 2.75) is 30.1 Å². The fourth-order valence-electron chi connectivity index (χ4n) is 1.50. The molecular weight excluding hydrogens is 288 g/mol. The van der Waals surface area contributed by atoms with E-state index in [9.17, 15) is 8.42 Å². The third kappa shape index (κ3) is 4.55. The molecule has 1 aromatic rings. The summed E-state index contributed by atoms with van der Waals surface area (Å²) in [5, 5.41) is 4.88. The summed E-state index contributed by atoms with van der Waals surface area (Å²) < 4.78 is 27.5. The van der Waals surface area contributed by atoms with Gasteiger partial charge in [-0.15, -0.1) is 11.3 Å². The van der Waals surface area contributed by atoms with Gasteiger partial charge in [0.05, 0.1) is 0 Å². The standard InChI is InChI=1S/C11H20N2O2S3/c1-4-10(8-16-3)13-18(14,15)11-5-9(6-12-2)7-17-11/h5,7,10,12-13H,4,6,8H2,1-3H3. The molecule has 1 rings (SSSR count). The molecule has 4 nitrogen and oxygen atoms in total. The number of thiophene rings is 1. The van der Waals surface area contributed by atoms with E-state index in [4.69, 9.17) is 0 Å². The van der Waals surface area contributed by atoms with Gasteiger partial charge in [-0.2, -0.15) is 11.8 Å². The summed E-state index contributed by atoms with van der Waals surface area (Å²) >= 11 is 2.92. The summed E-state index contributed by atoms with van der Waals surface area (Å²) in [5.74, 6) is 0.796. The number of hydrogen-bond acceptors (Lipinski definition) is 5. The van der Waals surface area contributed by atoms with Crippen LogP contribution in [0.1, 0.15) is 18.9 Å². The average Bonchev–Trinajstić information content (AvgIpc) is 2.78. The lowest BCUT2D eigenvalue weighted by Gasteiger charge is -2.14. The summed E-state index contributed by atoms with van der Waals surface area (Å²) in [6.07, 6.45) is 2.78. The molecule has 2 N–H and O–H groups in total. The van der Waals surface area contributed by atoms with Crippen molar-refractivity contribution in [3.8, 4) is 0 Å². The molecule has 0 aliphatic heterocycles. The second-order valence-electron chi connectivity index (χ2n) is 3.99.